The first-order chi connectivity index (χ1) is 8.09. The summed E-state index contributed by atoms with van der Waals surface area (Å²) in [5.74, 6) is 0.787. The van der Waals surface area contributed by atoms with Crippen LogP contribution in [-0.2, 0) is 4.79 Å². The van der Waals surface area contributed by atoms with E-state index in [4.69, 9.17) is 0 Å². The number of amides is 1. The van der Waals surface area contributed by atoms with Gasteiger partial charge in [0.1, 0.15) is 0 Å². The highest BCUT2D eigenvalue weighted by Gasteiger charge is 2.34. The Labute approximate surface area is 104 Å². The predicted molar refractivity (Wildman–Crippen MR) is 67.6 cm³/mol. The highest BCUT2D eigenvalue weighted by atomic mass is 16.3. The van der Waals surface area contributed by atoms with Gasteiger partial charge in [0, 0.05) is 13.1 Å². The molecule has 3 nitrogen and oxygen atoms in total. The molecule has 1 unspecified atom stereocenters. The van der Waals surface area contributed by atoms with E-state index in [1.54, 1.807) is 0 Å². The van der Waals surface area contributed by atoms with Crippen LogP contribution in [0.3, 0.4) is 0 Å². The molecule has 1 atom stereocenters. The zero-order chi connectivity index (χ0) is 12.3. The number of nitrogens with zero attached hydrogens (tertiary/aromatic N) is 1. The monoisotopic (exact) mass is 239 g/mol. The summed E-state index contributed by atoms with van der Waals surface area (Å²) in [5, 5.41) is 10.4. The summed E-state index contributed by atoms with van der Waals surface area (Å²) in [6.45, 7) is 3.98. The van der Waals surface area contributed by atoms with Gasteiger partial charge in [-0.2, -0.15) is 0 Å². The van der Waals surface area contributed by atoms with Crippen LogP contribution in [0.25, 0.3) is 0 Å². The third-order valence-corrected chi connectivity index (χ3v) is 4.27. The van der Waals surface area contributed by atoms with Gasteiger partial charge in [-0.15, -0.1) is 0 Å². The zero-order valence-corrected chi connectivity index (χ0v) is 11.0. The Balaban J connectivity index is 1.87. The van der Waals surface area contributed by atoms with Crippen molar-refractivity contribution in [3.05, 3.63) is 0 Å². The number of carbonyl (C=O) groups is 1. The number of rotatable bonds is 2. The summed E-state index contributed by atoms with van der Waals surface area (Å²) in [6.07, 6.45) is 7.65. The van der Waals surface area contributed by atoms with Crippen molar-refractivity contribution >= 4 is 5.91 Å². The molecule has 2 rings (SSSR count). The largest absolute Gasteiger partial charge is 0.389 e. The molecule has 0 bridgehead atoms. The lowest BCUT2D eigenvalue weighted by atomic mass is 9.82. The van der Waals surface area contributed by atoms with E-state index in [-0.39, 0.29) is 5.91 Å². The van der Waals surface area contributed by atoms with E-state index >= 15 is 0 Å². The number of hydrogen-bond donors (Lipinski definition) is 1. The maximum absolute atomic E-state index is 12.2. The number of hydrogen-bond acceptors (Lipinski definition) is 2. The first-order valence-electron chi connectivity index (χ1n) is 7.09. The number of piperidine rings is 1. The maximum Gasteiger partial charge on any atom is 0.225 e. The van der Waals surface area contributed by atoms with Gasteiger partial charge in [-0.3, -0.25) is 4.79 Å². The Morgan fingerprint density at radius 1 is 1.29 bits per heavy atom. The molecule has 0 aromatic rings. The van der Waals surface area contributed by atoms with Crippen LogP contribution in [0, 0.1) is 5.92 Å². The van der Waals surface area contributed by atoms with Gasteiger partial charge in [-0.1, -0.05) is 26.2 Å². The third-order valence-electron chi connectivity index (χ3n) is 4.27. The molecule has 1 N–H and O–H groups in total. The Bertz CT molecular complexity index is 271. The highest BCUT2D eigenvalue weighted by Crippen LogP contribution is 2.31. The van der Waals surface area contributed by atoms with Crippen molar-refractivity contribution in [1.82, 2.24) is 4.90 Å². The summed E-state index contributed by atoms with van der Waals surface area (Å²) in [5.41, 5.74) is -0.698. The summed E-state index contributed by atoms with van der Waals surface area (Å²) >= 11 is 0. The fourth-order valence-corrected chi connectivity index (χ4v) is 3.20. The average Bonchev–Trinajstić information content (AvgIpc) is 2.29. The first kappa shape index (κ1) is 12.9. The number of carbonyl (C=O) groups excluding carboxylic acids is 1. The molecule has 1 heterocycles. The SMILES string of the molecule is CC1CCCN(C(=O)CC2(O)CCCCC2)C1. The van der Waals surface area contributed by atoms with Crippen molar-refractivity contribution in [1.29, 1.82) is 0 Å². The molecule has 1 amide bonds. The highest BCUT2D eigenvalue weighted by molar-refractivity contribution is 5.77. The summed E-state index contributed by atoms with van der Waals surface area (Å²) in [6, 6.07) is 0. The van der Waals surface area contributed by atoms with Crippen molar-refractivity contribution in [3.63, 3.8) is 0 Å². The van der Waals surface area contributed by atoms with Gasteiger partial charge in [0.2, 0.25) is 5.91 Å². The van der Waals surface area contributed by atoms with Crippen molar-refractivity contribution in [2.75, 3.05) is 13.1 Å². The van der Waals surface area contributed by atoms with Crippen LogP contribution in [0.15, 0.2) is 0 Å². The van der Waals surface area contributed by atoms with Gasteiger partial charge in [0.25, 0.3) is 0 Å². The fourth-order valence-electron chi connectivity index (χ4n) is 3.20. The normalized spacial score (nSPS) is 29.1. The summed E-state index contributed by atoms with van der Waals surface area (Å²) < 4.78 is 0. The Morgan fingerprint density at radius 3 is 2.65 bits per heavy atom. The molecule has 0 aromatic carbocycles. The molecule has 1 aliphatic heterocycles. The molecule has 1 aliphatic carbocycles. The molecule has 2 fully saturated rings. The van der Waals surface area contributed by atoms with Gasteiger partial charge in [-0.05, 0) is 31.6 Å². The maximum atomic E-state index is 12.2. The minimum atomic E-state index is -0.698. The predicted octanol–water partition coefficient (Wildman–Crippen LogP) is 2.33. The molecule has 0 aromatic heterocycles. The molecular weight excluding hydrogens is 214 g/mol. The van der Waals surface area contributed by atoms with E-state index in [0.717, 1.165) is 45.2 Å². The van der Waals surface area contributed by atoms with Gasteiger partial charge < -0.3 is 10.0 Å². The van der Waals surface area contributed by atoms with E-state index < -0.39 is 5.60 Å². The van der Waals surface area contributed by atoms with Crippen molar-refractivity contribution in [3.8, 4) is 0 Å². The molecule has 0 spiro atoms. The molecule has 1 saturated carbocycles. The second-order valence-electron chi connectivity index (χ2n) is 6.05. The number of aliphatic hydroxyl groups is 1. The van der Waals surface area contributed by atoms with Crippen LogP contribution in [0.5, 0.6) is 0 Å². The van der Waals surface area contributed by atoms with Crippen LogP contribution >= 0.6 is 0 Å². The Morgan fingerprint density at radius 2 is 2.00 bits per heavy atom. The topological polar surface area (TPSA) is 40.5 Å². The van der Waals surface area contributed by atoms with E-state index in [1.165, 1.54) is 12.8 Å². The van der Waals surface area contributed by atoms with E-state index in [1.807, 2.05) is 4.90 Å². The first-order valence-corrected chi connectivity index (χ1v) is 7.09. The van der Waals surface area contributed by atoms with E-state index in [9.17, 15) is 9.90 Å². The van der Waals surface area contributed by atoms with Crippen LogP contribution in [0.1, 0.15) is 58.3 Å². The van der Waals surface area contributed by atoms with Crippen LogP contribution in [-0.4, -0.2) is 34.6 Å². The molecule has 0 radical (unpaired) electrons. The van der Waals surface area contributed by atoms with Crippen LogP contribution < -0.4 is 0 Å². The second kappa shape index (κ2) is 5.38. The average molecular weight is 239 g/mol. The second-order valence-corrected chi connectivity index (χ2v) is 6.05. The van der Waals surface area contributed by atoms with Crippen LogP contribution in [0.2, 0.25) is 0 Å². The van der Waals surface area contributed by atoms with Crippen molar-refractivity contribution in [2.45, 2.75) is 63.9 Å². The van der Waals surface area contributed by atoms with Gasteiger partial charge in [0.15, 0.2) is 0 Å². The standard InChI is InChI=1S/C14H25NO2/c1-12-6-5-9-15(11-12)13(16)10-14(17)7-3-2-4-8-14/h12,17H,2-11H2,1H3. The molecule has 3 heteroatoms. The summed E-state index contributed by atoms with van der Waals surface area (Å²) in [4.78, 5) is 14.1. The Hall–Kier alpha value is -0.570. The van der Waals surface area contributed by atoms with Gasteiger partial charge in [-0.25, -0.2) is 0 Å². The number of likely N-dealkylation sites (tertiary alicyclic amines) is 1. The van der Waals surface area contributed by atoms with Gasteiger partial charge in [0.05, 0.1) is 12.0 Å². The van der Waals surface area contributed by atoms with Crippen molar-refractivity contribution < 1.29 is 9.90 Å². The van der Waals surface area contributed by atoms with E-state index in [2.05, 4.69) is 6.92 Å². The third kappa shape index (κ3) is 3.44. The Kier molecular flexibility index (Phi) is 4.08. The quantitative estimate of drug-likeness (QED) is 0.803. The van der Waals surface area contributed by atoms with E-state index in [0.29, 0.717) is 12.3 Å². The lowest BCUT2D eigenvalue weighted by Gasteiger charge is -2.36. The zero-order valence-electron chi connectivity index (χ0n) is 11.0. The van der Waals surface area contributed by atoms with Crippen molar-refractivity contribution in [2.24, 2.45) is 5.92 Å². The minimum Gasteiger partial charge on any atom is -0.389 e. The molecule has 17 heavy (non-hydrogen) atoms. The molecule has 1 saturated heterocycles. The lowest BCUT2D eigenvalue weighted by Crippen LogP contribution is -2.44. The molecule has 2 aliphatic rings. The smallest absolute Gasteiger partial charge is 0.225 e. The minimum absolute atomic E-state index is 0.168. The van der Waals surface area contributed by atoms with Crippen LogP contribution in [0.4, 0.5) is 0 Å². The fraction of sp³-hybridized carbons (Fsp3) is 0.929. The van der Waals surface area contributed by atoms with Gasteiger partial charge >= 0.3 is 0 Å². The lowest BCUT2D eigenvalue weighted by molar-refractivity contribution is -0.139. The summed E-state index contributed by atoms with van der Waals surface area (Å²) in [7, 11) is 0. The molecule has 98 valence electrons. The molecular formula is C14H25NO2.